The Morgan fingerprint density at radius 3 is 2.81 bits per heavy atom. The molecule has 0 saturated heterocycles. The molecule has 2 rings (SSSR count). The molecule has 1 unspecified atom stereocenters. The van der Waals surface area contributed by atoms with E-state index in [9.17, 15) is 4.79 Å². The molecule has 0 bridgehead atoms. The lowest BCUT2D eigenvalue weighted by Crippen LogP contribution is -2.38. The normalized spacial score (nSPS) is 16.9. The molecule has 1 aliphatic carbocycles. The van der Waals surface area contributed by atoms with Crippen molar-refractivity contribution in [2.24, 2.45) is 11.7 Å². The molecule has 1 atom stereocenters. The van der Waals surface area contributed by atoms with E-state index in [0.29, 0.717) is 12.5 Å². The van der Waals surface area contributed by atoms with Crippen LogP contribution in [0, 0.1) is 12.8 Å². The summed E-state index contributed by atoms with van der Waals surface area (Å²) in [6, 6.07) is 7.71. The van der Waals surface area contributed by atoms with Crippen LogP contribution in [0.5, 0.6) is 0 Å². The Morgan fingerprint density at radius 2 is 2.19 bits per heavy atom. The maximum Gasteiger partial charge on any atom is 0.251 e. The molecule has 16 heavy (non-hydrogen) atoms. The number of aryl methyl sites for hydroxylation is 1. The number of nitrogens with two attached hydrogens (primary N) is 1. The molecule has 3 N–H and O–H groups in total. The average molecular weight is 218 g/mol. The van der Waals surface area contributed by atoms with Crippen molar-refractivity contribution in [1.82, 2.24) is 5.32 Å². The van der Waals surface area contributed by atoms with E-state index < -0.39 is 0 Å². The highest BCUT2D eigenvalue weighted by atomic mass is 16.1. The Bertz CT molecular complexity index is 385. The fourth-order valence-electron chi connectivity index (χ4n) is 1.82. The summed E-state index contributed by atoms with van der Waals surface area (Å²) in [5.74, 6) is 0.603. The van der Waals surface area contributed by atoms with E-state index in [1.807, 2.05) is 31.2 Å². The summed E-state index contributed by atoms with van der Waals surface area (Å²) < 4.78 is 0. The van der Waals surface area contributed by atoms with Crippen LogP contribution in [0.25, 0.3) is 0 Å². The zero-order valence-corrected chi connectivity index (χ0v) is 9.57. The second-order valence-corrected chi connectivity index (χ2v) is 4.53. The average Bonchev–Trinajstić information content (AvgIpc) is 3.10. The van der Waals surface area contributed by atoms with Crippen molar-refractivity contribution in [2.75, 3.05) is 6.54 Å². The summed E-state index contributed by atoms with van der Waals surface area (Å²) >= 11 is 0. The number of hydrogen-bond donors (Lipinski definition) is 2. The summed E-state index contributed by atoms with van der Waals surface area (Å²) in [4.78, 5) is 11.8. The first-order chi connectivity index (χ1) is 7.68. The molecule has 1 aliphatic rings. The van der Waals surface area contributed by atoms with Gasteiger partial charge in [-0.05, 0) is 37.3 Å². The molecule has 0 spiro atoms. The molecule has 1 aromatic carbocycles. The van der Waals surface area contributed by atoms with E-state index >= 15 is 0 Å². The lowest BCUT2D eigenvalue weighted by molar-refractivity contribution is 0.0949. The van der Waals surface area contributed by atoms with Gasteiger partial charge in [0, 0.05) is 18.2 Å². The van der Waals surface area contributed by atoms with Crippen LogP contribution in [-0.2, 0) is 0 Å². The van der Waals surface area contributed by atoms with Gasteiger partial charge >= 0.3 is 0 Å². The maximum atomic E-state index is 11.8. The molecule has 86 valence electrons. The van der Waals surface area contributed by atoms with Crippen LogP contribution in [0.4, 0.5) is 0 Å². The minimum atomic E-state index is -0.0193. The molecule has 3 nitrogen and oxygen atoms in total. The first kappa shape index (κ1) is 11.1. The Morgan fingerprint density at radius 1 is 1.50 bits per heavy atom. The van der Waals surface area contributed by atoms with Gasteiger partial charge in [-0.25, -0.2) is 0 Å². The minimum Gasteiger partial charge on any atom is -0.350 e. The topological polar surface area (TPSA) is 55.1 Å². The van der Waals surface area contributed by atoms with Gasteiger partial charge < -0.3 is 11.1 Å². The predicted octanol–water partition coefficient (Wildman–Crippen LogP) is 1.46. The van der Waals surface area contributed by atoms with Crippen molar-refractivity contribution in [3.8, 4) is 0 Å². The van der Waals surface area contributed by atoms with Gasteiger partial charge in [-0.2, -0.15) is 0 Å². The monoisotopic (exact) mass is 218 g/mol. The third-order valence-corrected chi connectivity index (χ3v) is 3.12. The van der Waals surface area contributed by atoms with Crippen molar-refractivity contribution in [3.63, 3.8) is 0 Å². The first-order valence-corrected chi connectivity index (χ1v) is 5.78. The number of rotatable bonds is 4. The van der Waals surface area contributed by atoms with Gasteiger partial charge in [0.1, 0.15) is 0 Å². The van der Waals surface area contributed by atoms with Crippen LogP contribution in [0.3, 0.4) is 0 Å². The van der Waals surface area contributed by atoms with Gasteiger partial charge in [0.15, 0.2) is 0 Å². The largest absolute Gasteiger partial charge is 0.350 e. The number of carbonyl (C=O) groups excluding carboxylic acids is 1. The fraction of sp³-hybridized carbons (Fsp3) is 0.462. The zero-order chi connectivity index (χ0) is 11.5. The standard InChI is InChI=1S/C13H18N2O/c1-9-4-2-3-5-11(9)13(16)15-8-12(14)10-6-7-10/h2-5,10,12H,6-8,14H2,1H3,(H,15,16). The quantitative estimate of drug-likeness (QED) is 0.804. The number of benzene rings is 1. The Balaban J connectivity index is 1.90. The van der Waals surface area contributed by atoms with Crippen LogP contribution in [-0.4, -0.2) is 18.5 Å². The van der Waals surface area contributed by atoms with Gasteiger partial charge in [0.2, 0.25) is 0 Å². The third kappa shape index (κ3) is 2.61. The molecular weight excluding hydrogens is 200 g/mol. The van der Waals surface area contributed by atoms with Crippen LogP contribution in [0.1, 0.15) is 28.8 Å². The second-order valence-electron chi connectivity index (χ2n) is 4.53. The van der Waals surface area contributed by atoms with Gasteiger partial charge in [-0.3, -0.25) is 4.79 Å². The first-order valence-electron chi connectivity index (χ1n) is 5.78. The lowest BCUT2D eigenvalue weighted by atomic mass is 10.1. The minimum absolute atomic E-state index is 0.0193. The van der Waals surface area contributed by atoms with Crippen molar-refractivity contribution < 1.29 is 4.79 Å². The number of carbonyl (C=O) groups is 1. The molecule has 1 saturated carbocycles. The molecule has 1 aromatic rings. The summed E-state index contributed by atoms with van der Waals surface area (Å²) in [6.45, 7) is 2.52. The van der Waals surface area contributed by atoms with Gasteiger partial charge in [-0.15, -0.1) is 0 Å². The Kier molecular flexibility index (Phi) is 3.25. The van der Waals surface area contributed by atoms with Gasteiger partial charge in [0.05, 0.1) is 0 Å². The van der Waals surface area contributed by atoms with Crippen molar-refractivity contribution in [1.29, 1.82) is 0 Å². The molecule has 1 amide bonds. The van der Waals surface area contributed by atoms with Crippen LogP contribution in [0.2, 0.25) is 0 Å². The molecule has 0 aromatic heterocycles. The SMILES string of the molecule is Cc1ccccc1C(=O)NCC(N)C1CC1. The van der Waals surface area contributed by atoms with E-state index in [0.717, 1.165) is 11.1 Å². The highest BCUT2D eigenvalue weighted by Gasteiger charge is 2.28. The number of amides is 1. The second kappa shape index (κ2) is 4.66. The smallest absolute Gasteiger partial charge is 0.251 e. The van der Waals surface area contributed by atoms with Crippen molar-refractivity contribution >= 4 is 5.91 Å². The zero-order valence-electron chi connectivity index (χ0n) is 9.57. The fourth-order valence-corrected chi connectivity index (χ4v) is 1.82. The van der Waals surface area contributed by atoms with E-state index in [2.05, 4.69) is 5.32 Å². The molecule has 1 fully saturated rings. The summed E-state index contributed by atoms with van der Waals surface area (Å²) in [6.07, 6.45) is 2.42. The van der Waals surface area contributed by atoms with Gasteiger partial charge in [0.25, 0.3) is 5.91 Å². The predicted molar refractivity (Wildman–Crippen MR) is 64.2 cm³/mol. The summed E-state index contributed by atoms with van der Waals surface area (Å²) in [7, 11) is 0. The molecule has 0 heterocycles. The van der Waals surface area contributed by atoms with Crippen LogP contribution >= 0.6 is 0 Å². The maximum absolute atomic E-state index is 11.8. The Labute approximate surface area is 96.0 Å². The number of hydrogen-bond acceptors (Lipinski definition) is 2. The van der Waals surface area contributed by atoms with E-state index in [1.165, 1.54) is 12.8 Å². The van der Waals surface area contributed by atoms with E-state index in [1.54, 1.807) is 0 Å². The molecule has 3 heteroatoms. The lowest BCUT2D eigenvalue weighted by Gasteiger charge is -2.12. The molecular formula is C13H18N2O. The van der Waals surface area contributed by atoms with Crippen LogP contribution < -0.4 is 11.1 Å². The molecule has 0 radical (unpaired) electrons. The highest BCUT2D eigenvalue weighted by molar-refractivity contribution is 5.95. The Hall–Kier alpha value is -1.35. The third-order valence-electron chi connectivity index (χ3n) is 3.12. The highest BCUT2D eigenvalue weighted by Crippen LogP contribution is 2.31. The molecule has 0 aliphatic heterocycles. The summed E-state index contributed by atoms with van der Waals surface area (Å²) in [5, 5.41) is 2.90. The van der Waals surface area contributed by atoms with E-state index in [-0.39, 0.29) is 11.9 Å². The van der Waals surface area contributed by atoms with Crippen LogP contribution in [0.15, 0.2) is 24.3 Å². The van der Waals surface area contributed by atoms with E-state index in [4.69, 9.17) is 5.73 Å². The summed E-state index contributed by atoms with van der Waals surface area (Å²) in [5.41, 5.74) is 7.67. The van der Waals surface area contributed by atoms with Crippen molar-refractivity contribution in [3.05, 3.63) is 35.4 Å². The number of nitrogens with one attached hydrogen (secondary N) is 1. The van der Waals surface area contributed by atoms with Gasteiger partial charge in [-0.1, -0.05) is 18.2 Å². The van der Waals surface area contributed by atoms with Crippen molar-refractivity contribution in [2.45, 2.75) is 25.8 Å².